The second kappa shape index (κ2) is 41.5. The lowest BCUT2D eigenvalue weighted by atomic mass is 10.0. The van der Waals surface area contributed by atoms with Gasteiger partial charge in [0, 0.05) is 25.5 Å². The smallest absolute Gasteiger partial charge is 0.101 e. The third kappa shape index (κ3) is 32.7. The molecule has 0 bridgehead atoms. The summed E-state index contributed by atoms with van der Waals surface area (Å²) in [5.41, 5.74) is 0. The zero-order valence-electron chi connectivity index (χ0n) is 36.7. The number of rotatable bonds is 44. The van der Waals surface area contributed by atoms with E-state index in [4.69, 9.17) is 0 Å². The highest BCUT2D eigenvalue weighted by Crippen LogP contribution is 2.24. The van der Waals surface area contributed by atoms with Crippen LogP contribution in [-0.4, -0.2) is 29.1 Å². The van der Waals surface area contributed by atoms with Gasteiger partial charge in [-0.25, -0.2) is 0 Å². The average Bonchev–Trinajstić information content (AvgIpc) is 3.54. The molecule has 0 aromatic rings. The minimum atomic E-state index is 0.636. The third-order valence-corrected chi connectivity index (χ3v) is 12.3. The van der Waals surface area contributed by atoms with E-state index in [-0.39, 0.29) is 0 Å². The number of nitrogens with zero attached hydrogens (tertiary/aromatic N) is 2. The summed E-state index contributed by atoms with van der Waals surface area (Å²) >= 11 is 0. The first-order chi connectivity index (χ1) is 25.8. The van der Waals surface area contributed by atoms with Gasteiger partial charge < -0.3 is 9.80 Å². The Morgan fingerprint density at radius 2 is 0.442 bits per heavy atom. The molecule has 0 saturated carbocycles. The SMILES string of the molecule is CCCCCCCCCCCCCCCCCC1N(CCCCCCCCCCCCCC)C=CN1CCCCCCCCCCCCCCCC. The van der Waals surface area contributed by atoms with E-state index in [1.807, 2.05) is 0 Å². The first-order valence-corrected chi connectivity index (χ1v) is 25.0. The van der Waals surface area contributed by atoms with Crippen molar-refractivity contribution in [2.24, 2.45) is 0 Å². The van der Waals surface area contributed by atoms with Crippen LogP contribution in [0.3, 0.4) is 0 Å². The molecule has 2 nitrogen and oxygen atoms in total. The van der Waals surface area contributed by atoms with Crippen LogP contribution in [0.1, 0.15) is 290 Å². The van der Waals surface area contributed by atoms with Crippen molar-refractivity contribution >= 4 is 0 Å². The summed E-state index contributed by atoms with van der Waals surface area (Å²) in [5.74, 6) is 0. The van der Waals surface area contributed by atoms with Crippen LogP contribution in [0.5, 0.6) is 0 Å². The monoisotopic (exact) mass is 729 g/mol. The summed E-state index contributed by atoms with van der Waals surface area (Å²) in [6.45, 7) is 9.49. The Morgan fingerprint density at radius 1 is 0.250 bits per heavy atom. The first-order valence-electron chi connectivity index (χ1n) is 25.0. The fourth-order valence-electron chi connectivity index (χ4n) is 8.66. The van der Waals surface area contributed by atoms with E-state index in [0.717, 1.165) is 0 Å². The maximum absolute atomic E-state index is 2.74. The standard InChI is InChI=1S/C50H100N2/c1-4-7-10-13-16-19-22-25-27-28-30-33-36-39-42-45-50-51(46-43-40-37-34-31-24-21-18-15-12-9-6-3)48-49-52(50)47-44-41-38-35-32-29-26-23-20-17-14-11-8-5-2/h48-50H,4-47H2,1-3H3. The molecule has 1 unspecified atom stereocenters. The van der Waals surface area contributed by atoms with E-state index in [2.05, 4.69) is 43.0 Å². The highest BCUT2D eigenvalue weighted by atomic mass is 15.4. The van der Waals surface area contributed by atoms with E-state index in [0.29, 0.717) is 6.17 Å². The van der Waals surface area contributed by atoms with Crippen molar-refractivity contribution in [3.63, 3.8) is 0 Å². The van der Waals surface area contributed by atoms with Gasteiger partial charge in [0.15, 0.2) is 0 Å². The molecule has 0 amide bonds. The van der Waals surface area contributed by atoms with E-state index in [9.17, 15) is 0 Å². The van der Waals surface area contributed by atoms with Gasteiger partial charge in [-0.3, -0.25) is 0 Å². The average molecular weight is 729 g/mol. The summed E-state index contributed by atoms with van der Waals surface area (Å²) in [5, 5.41) is 0. The molecule has 310 valence electrons. The van der Waals surface area contributed by atoms with Gasteiger partial charge in [-0.2, -0.15) is 0 Å². The molecule has 0 saturated heterocycles. The van der Waals surface area contributed by atoms with Crippen LogP contribution in [0.25, 0.3) is 0 Å². The minimum Gasteiger partial charge on any atom is -0.356 e. The molecule has 1 aliphatic rings. The fraction of sp³-hybridized carbons (Fsp3) is 0.960. The van der Waals surface area contributed by atoms with E-state index in [1.165, 1.54) is 283 Å². The van der Waals surface area contributed by atoms with Crippen molar-refractivity contribution in [1.82, 2.24) is 9.80 Å². The first kappa shape index (κ1) is 49.4. The van der Waals surface area contributed by atoms with Crippen molar-refractivity contribution in [2.75, 3.05) is 13.1 Å². The summed E-state index contributed by atoms with van der Waals surface area (Å²) in [7, 11) is 0. The predicted molar refractivity (Wildman–Crippen MR) is 237 cm³/mol. The quantitative estimate of drug-likeness (QED) is 0.0576. The van der Waals surface area contributed by atoms with Crippen LogP contribution in [0, 0.1) is 0 Å². The van der Waals surface area contributed by atoms with Gasteiger partial charge in [-0.05, 0) is 25.7 Å². The summed E-state index contributed by atoms with van der Waals surface area (Å²) in [6.07, 6.45) is 66.4. The molecular formula is C50H100N2. The highest BCUT2D eigenvalue weighted by Gasteiger charge is 2.24. The highest BCUT2D eigenvalue weighted by molar-refractivity contribution is 4.97. The molecule has 1 rings (SSSR count). The molecule has 0 aromatic heterocycles. The van der Waals surface area contributed by atoms with Crippen molar-refractivity contribution < 1.29 is 0 Å². The summed E-state index contributed by atoms with van der Waals surface area (Å²) in [4.78, 5) is 5.48. The molecule has 0 aromatic carbocycles. The van der Waals surface area contributed by atoms with Crippen LogP contribution in [0.2, 0.25) is 0 Å². The van der Waals surface area contributed by atoms with Crippen LogP contribution < -0.4 is 0 Å². The van der Waals surface area contributed by atoms with Gasteiger partial charge in [0.25, 0.3) is 0 Å². The Balaban J connectivity index is 2.20. The van der Waals surface area contributed by atoms with Crippen molar-refractivity contribution in [2.45, 2.75) is 297 Å². The largest absolute Gasteiger partial charge is 0.356 e. The lowest BCUT2D eigenvalue weighted by Gasteiger charge is -2.33. The number of unbranched alkanes of at least 4 members (excludes halogenated alkanes) is 38. The normalized spacial score (nSPS) is 14.4. The second-order valence-corrected chi connectivity index (χ2v) is 17.5. The maximum atomic E-state index is 2.74. The molecule has 0 fully saturated rings. The van der Waals surface area contributed by atoms with Crippen LogP contribution in [0.15, 0.2) is 12.4 Å². The van der Waals surface area contributed by atoms with Crippen molar-refractivity contribution in [1.29, 1.82) is 0 Å². The van der Waals surface area contributed by atoms with Gasteiger partial charge in [0.1, 0.15) is 6.17 Å². The zero-order valence-corrected chi connectivity index (χ0v) is 36.7. The van der Waals surface area contributed by atoms with Crippen LogP contribution in [-0.2, 0) is 0 Å². The molecule has 0 spiro atoms. The molecular weight excluding hydrogens is 629 g/mol. The van der Waals surface area contributed by atoms with Crippen LogP contribution >= 0.6 is 0 Å². The molecule has 0 aliphatic carbocycles. The van der Waals surface area contributed by atoms with E-state index in [1.54, 1.807) is 0 Å². The zero-order chi connectivity index (χ0) is 37.3. The van der Waals surface area contributed by atoms with E-state index < -0.39 is 0 Å². The van der Waals surface area contributed by atoms with E-state index >= 15 is 0 Å². The predicted octanol–water partition coefficient (Wildman–Crippen LogP) is 17.8. The summed E-state index contributed by atoms with van der Waals surface area (Å²) < 4.78 is 0. The Kier molecular flexibility index (Phi) is 39.4. The molecule has 2 heteroatoms. The molecule has 52 heavy (non-hydrogen) atoms. The Bertz CT molecular complexity index is 688. The maximum Gasteiger partial charge on any atom is 0.101 e. The van der Waals surface area contributed by atoms with Gasteiger partial charge in [-0.1, -0.05) is 265 Å². The van der Waals surface area contributed by atoms with Gasteiger partial charge in [0.05, 0.1) is 0 Å². The van der Waals surface area contributed by atoms with Crippen molar-refractivity contribution in [3.05, 3.63) is 12.4 Å². The molecule has 1 heterocycles. The minimum absolute atomic E-state index is 0.636. The Labute approximate surface area is 330 Å². The van der Waals surface area contributed by atoms with Gasteiger partial charge in [0.2, 0.25) is 0 Å². The van der Waals surface area contributed by atoms with Crippen molar-refractivity contribution in [3.8, 4) is 0 Å². The topological polar surface area (TPSA) is 6.48 Å². The van der Waals surface area contributed by atoms with Gasteiger partial charge in [-0.15, -0.1) is 0 Å². The molecule has 1 atom stereocenters. The number of hydrogen-bond donors (Lipinski definition) is 0. The molecule has 0 radical (unpaired) electrons. The van der Waals surface area contributed by atoms with Crippen LogP contribution in [0.4, 0.5) is 0 Å². The number of hydrogen-bond acceptors (Lipinski definition) is 2. The fourth-order valence-corrected chi connectivity index (χ4v) is 8.66. The lowest BCUT2D eigenvalue weighted by Crippen LogP contribution is -2.39. The Morgan fingerprint density at radius 3 is 0.673 bits per heavy atom. The Hall–Kier alpha value is -0.660. The lowest BCUT2D eigenvalue weighted by molar-refractivity contribution is 0.135. The third-order valence-electron chi connectivity index (χ3n) is 12.3. The molecule has 0 N–H and O–H groups in total. The van der Waals surface area contributed by atoms with Gasteiger partial charge >= 0.3 is 0 Å². The second-order valence-electron chi connectivity index (χ2n) is 17.5. The molecule has 1 aliphatic heterocycles. The summed E-state index contributed by atoms with van der Waals surface area (Å²) in [6, 6.07) is 0.